The van der Waals surface area contributed by atoms with Crippen LogP contribution in [0.4, 0.5) is 0 Å². The molecule has 6 nitrogen and oxygen atoms in total. The van der Waals surface area contributed by atoms with Crippen molar-refractivity contribution < 1.29 is 8.42 Å². The number of hydrogen-bond acceptors (Lipinski definition) is 4. The number of alkyl halides is 1. The number of hydrogen-bond donors (Lipinski definition) is 1. The molecule has 17 heavy (non-hydrogen) atoms. The van der Waals surface area contributed by atoms with Gasteiger partial charge >= 0.3 is 0 Å². The highest BCUT2D eigenvalue weighted by Gasteiger charge is 2.22. The van der Waals surface area contributed by atoms with E-state index in [1.807, 2.05) is 0 Å². The van der Waals surface area contributed by atoms with Crippen LogP contribution in [0, 0.1) is 0 Å². The summed E-state index contributed by atoms with van der Waals surface area (Å²) in [5, 5.41) is 8.27. The molecule has 0 saturated heterocycles. The van der Waals surface area contributed by atoms with Crippen molar-refractivity contribution in [1.29, 1.82) is 0 Å². The molecule has 0 amide bonds. The molecule has 9 heteroatoms. The minimum absolute atomic E-state index is 0.0537. The maximum Gasteiger partial charge on any atom is 0.260 e. The number of nitrogens with zero attached hydrogens (tertiary/aromatic N) is 3. The number of nitrogens with one attached hydrogen (secondary N) is 1. The Morgan fingerprint density at radius 3 is 2.59 bits per heavy atom. The van der Waals surface area contributed by atoms with Gasteiger partial charge in [-0.3, -0.25) is 0 Å². The summed E-state index contributed by atoms with van der Waals surface area (Å²) in [7, 11) is -2.00. The largest absolute Gasteiger partial charge is 0.260 e. The van der Waals surface area contributed by atoms with Crippen molar-refractivity contribution in [3.05, 3.63) is 4.60 Å². The first-order valence-electron chi connectivity index (χ1n) is 5.10. The number of halogens is 2. The monoisotopic (exact) mass is 388 g/mol. The fourth-order valence-electron chi connectivity index (χ4n) is 1.28. The lowest BCUT2D eigenvalue weighted by atomic mass is 10.3. The predicted octanol–water partition coefficient (Wildman–Crippen LogP) is 1.42. The first kappa shape index (κ1) is 15.1. The summed E-state index contributed by atoms with van der Waals surface area (Å²) in [6.45, 7) is 0.424. The zero-order chi connectivity index (χ0) is 12.9. The fraction of sp³-hybridized carbons (Fsp3) is 0.750. The summed E-state index contributed by atoms with van der Waals surface area (Å²) in [6.07, 6.45) is 2.84. The van der Waals surface area contributed by atoms with Crippen LogP contribution in [0.5, 0.6) is 0 Å². The first-order valence-corrected chi connectivity index (χ1v) is 8.49. The molecule has 0 fully saturated rings. The van der Waals surface area contributed by atoms with Crippen molar-refractivity contribution in [1.82, 2.24) is 19.7 Å². The molecule has 0 spiro atoms. The minimum atomic E-state index is -3.54. The Bertz CT molecular complexity index is 441. The average molecular weight is 390 g/mol. The smallest absolute Gasteiger partial charge is 0.235 e. The molecule has 0 bridgehead atoms. The molecular weight excluding hydrogens is 376 g/mol. The zero-order valence-corrected chi connectivity index (χ0v) is 13.3. The summed E-state index contributed by atoms with van der Waals surface area (Å²) in [4.78, 5) is 0. The van der Waals surface area contributed by atoms with E-state index in [0.717, 1.165) is 24.6 Å². The Balaban J connectivity index is 2.58. The van der Waals surface area contributed by atoms with E-state index in [9.17, 15) is 8.42 Å². The van der Waals surface area contributed by atoms with Gasteiger partial charge in [-0.1, -0.05) is 27.6 Å². The van der Waals surface area contributed by atoms with Crippen molar-refractivity contribution in [3.63, 3.8) is 0 Å². The van der Waals surface area contributed by atoms with Crippen LogP contribution < -0.4 is 4.72 Å². The lowest BCUT2D eigenvalue weighted by molar-refractivity contribution is 0.556. The number of aromatic nitrogens is 3. The Labute approximate surface area is 117 Å². The van der Waals surface area contributed by atoms with E-state index in [4.69, 9.17) is 0 Å². The summed E-state index contributed by atoms with van der Waals surface area (Å²) in [6, 6.07) is 0. The van der Waals surface area contributed by atoms with Gasteiger partial charge in [-0.05, 0) is 28.8 Å². The second-order valence-electron chi connectivity index (χ2n) is 3.46. The van der Waals surface area contributed by atoms with Gasteiger partial charge in [-0.2, -0.15) is 0 Å². The van der Waals surface area contributed by atoms with Crippen LogP contribution >= 0.6 is 31.9 Å². The molecule has 0 aromatic carbocycles. The van der Waals surface area contributed by atoms with E-state index >= 15 is 0 Å². The highest BCUT2D eigenvalue weighted by Crippen LogP contribution is 2.17. The predicted molar refractivity (Wildman–Crippen MR) is 71.5 cm³/mol. The topological polar surface area (TPSA) is 76.9 Å². The SMILES string of the molecule is Cn1nnc(Br)c1S(=O)(=O)NCCCCCBr. The van der Waals surface area contributed by atoms with E-state index in [0.29, 0.717) is 6.54 Å². The third-order valence-electron chi connectivity index (χ3n) is 2.09. The minimum Gasteiger partial charge on any atom is -0.235 e. The summed E-state index contributed by atoms with van der Waals surface area (Å²) >= 11 is 6.39. The molecular formula is C8H14Br2N4O2S. The quantitative estimate of drug-likeness (QED) is 0.565. The molecule has 1 aromatic rings. The van der Waals surface area contributed by atoms with E-state index in [-0.39, 0.29) is 9.63 Å². The van der Waals surface area contributed by atoms with Gasteiger partial charge in [0.1, 0.15) is 0 Å². The highest BCUT2D eigenvalue weighted by molar-refractivity contribution is 9.10. The Hall–Kier alpha value is 0.01000. The highest BCUT2D eigenvalue weighted by atomic mass is 79.9. The number of rotatable bonds is 7. The van der Waals surface area contributed by atoms with Crippen LogP contribution in [0.25, 0.3) is 0 Å². The lowest BCUT2D eigenvalue weighted by Crippen LogP contribution is -2.27. The third kappa shape index (κ3) is 4.31. The van der Waals surface area contributed by atoms with Crippen molar-refractivity contribution >= 4 is 41.9 Å². The van der Waals surface area contributed by atoms with E-state index in [1.54, 1.807) is 0 Å². The summed E-state index contributed by atoms with van der Waals surface area (Å²) in [5.74, 6) is 0. The van der Waals surface area contributed by atoms with Crippen molar-refractivity contribution in [2.24, 2.45) is 7.05 Å². The van der Waals surface area contributed by atoms with Crippen molar-refractivity contribution in [3.8, 4) is 0 Å². The normalized spacial score (nSPS) is 11.9. The number of aryl methyl sites for hydroxylation is 1. The Morgan fingerprint density at radius 2 is 2.06 bits per heavy atom. The van der Waals surface area contributed by atoms with E-state index in [2.05, 4.69) is 46.9 Å². The molecule has 0 aliphatic rings. The second kappa shape index (κ2) is 6.81. The van der Waals surface area contributed by atoms with E-state index in [1.165, 1.54) is 11.7 Å². The Kier molecular flexibility index (Phi) is 6.04. The first-order chi connectivity index (χ1) is 7.99. The molecule has 0 unspecified atom stereocenters. The molecule has 1 N–H and O–H groups in total. The van der Waals surface area contributed by atoms with E-state index < -0.39 is 10.0 Å². The fourth-order valence-corrected chi connectivity index (χ4v) is 3.84. The molecule has 1 heterocycles. The molecule has 1 rings (SSSR count). The lowest BCUT2D eigenvalue weighted by Gasteiger charge is -2.06. The van der Waals surface area contributed by atoms with Crippen molar-refractivity contribution in [2.75, 3.05) is 11.9 Å². The van der Waals surface area contributed by atoms with Gasteiger partial charge < -0.3 is 0 Å². The van der Waals surface area contributed by atoms with Gasteiger partial charge in [0, 0.05) is 18.9 Å². The van der Waals surface area contributed by atoms with Gasteiger partial charge in [-0.25, -0.2) is 17.8 Å². The zero-order valence-electron chi connectivity index (χ0n) is 9.36. The van der Waals surface area contributed by atoms with Gasteiger partial charge in [0.25, 0.3) is 10.0 Å². The van der Waals surface area contributed by atoms with Crippen LogP contribution in [0.3, 0.4) is 0 Å². The molecule has 0 radical (unpaired) electrons. The van der Waals surface area contributed by atoms with Gasteiger partial charge in [0.2, 0.25) is 5.03 Å². The Morgan fingerprint density at radius 1 is 1.35 bits per heavy atom. The van der Waals surface area contributed by atoms with Crippen LogP contribution in [0.2, 0.25) is 0 Å². The standard InChI is InChI=1S/C8H14Br2N4O2S/c1-14-8(7(10)12-13-14)17(15,16)11-6-4-2-3-5-9/h11H,2-6H2,1H3. The van der Waals surface area contributed by atoms with Crippen molar-refractivity contribution in [2.45, 2.75) is 24.3 Å². The molecule has 0 atom stereocenters. The second-order valence-corrected chi connectivity index (χ2v) is 6.68. The molecule has 0 saturated carbocycles. The van der Waals surface area contributed by atoms with Crippen LogP contribution in [-0.4, -0.2) is 35.3 Å². The molecule has 1 aromatic heterocycles. The maximum absolute atomic E-state index is 11.9. The maximum atomic E-state index is 11.9. The van der Waals surface area contributed by atoms with Crippen LogP contribution in [-0.2, 0) is 17.1 Å². The molecule has 98 valence electrons. The number of unbranched alkanes of at least 4 members (excludes halogenated alkanes) is 2. The summed E-state index contributed by atoms with van der Waals surface area (Å²) < 4.78 is 27.8. The summed E-state index contributed by atoms with van der Waals surface area (Å²) in [5.41, 5.74) is 0. The van der Waals surface area contributed by atoms with Gasteiger partial charge in [0.15, 0.2) is 4.60 Å². The van der Waals surface area contributed by atoms with Gasteiger partial charge in [0.05, 0.1) is 0 Å². The van der Waals surface area contributed by atoms with Crippen LogP contribution in [0.15, 0.2) is 9.63 Å². The third-order valence-corrected chi connectivity index (χ3v) is 5.00. The van der Waals surface area contributed by atoms with Crippen LogP contribution in [0.1, 0.15) is 19.3 Å². The number of sulfonamides is 1. The molecule has 0 aliphatic carbocycles. The van der Waals surface area contributed by atoms with Gasteiger partial charge in [-0.15, -0.1) is 5.10 Å². The molecule has 0 aliphatic heterocycles. The average Bonchev–Trinajstić information content (AvgIpc) is 2.58.